The van der Waals surface area contributed by atoms with E-state index in [-0.39, 0.29) is 12.6 Å². The summed E-state index contributed by atoms with van der Waals surface area (Å²) in [6, 6.07) is 0. The third kappa shape index (κ3) is 4.36. The molecule has 2 atom stereocenters. The van der Waals surface area contributed by atoms with Crippen molar-refractivity contribution >= 4 is 17.7 Å². The molecule has 1 fully saturated rings. The Morgan fingerprint density at radius 1 is 1.47 bits per heavy atom. The van der Waals surface area contributed by atoms with E-state index in [2.05, 4.69) is 5.32 Å². The van der Waals surface area contributed by atoms with Crippen molar-refractivity contribution in [1.82, 2.24) is 5.32 Å². The van der Waals surface area contributed by atoms with E-state index < -0.39 is 5.54 Å². The number of nitrogens with one attached hydrogen (secondary N) is 1. The highest BCUT2D eigenvalue weighted by Gasteiger charge is 2.49. The molecule has 0 saturated heterocycles. The van der Waals surface area contributed by atoms with E-state index in [1.54, 1.807) is 11.8 Å². The van der Waals surface area contributed by atoms with Crippen LogP contribution in [0.25, 0.3) is 0 Å². The third-order valence-corrected chi connectivity index (χ3v) is 4.79. The normalized spacial score (nSPS) is 26.6. The minimum atomic E-state index is -0.468. The molecule has 1 rings (SSSR count). The van der Waals surface area contributed by atoms with E-state index in [4.69, 9.17) is 9.84 Å². The van der Waals surface area contributed by atoms with Gasteiger partial charge in [0.05, 0.1) is 13.2 Å². The zero-order valence-corrected chi connectivity index (χ0v) is 12.9. The van der Waals surface area contributed by atoms with E-state index >= 15 is 0 Å². The predicted molar refractivity (Wildman–Crippen MR) is 79.4 cm³/mol. The molecule has 0 spiro atoms. The summed E-state index contributed by atoms with van der Waals surface area (Å²) in [6.45, 7) is 5.36. The molecule has 0 aromatic heterocycles. The first-order valence-corrected chi connectivity index (χ1v) is 8.47. The van der Waals surface area contributed by atoms with Gasteiger partial charge >= 0.3 is 5.97 Å². The number of hydrogen-bond acceptors (Lipinski definition) is 5. The maximum Gasteiger partial charge on any atom is 0.326 e. The van der Waals surface area contributed by atoms with Gasteiger partial charge in [0, 0.05) is 5.75 Å². The lowest BCUT2D eigenvalue weighted by atomic mass is 9.85. The van der Waals surface area contributed by atoms with Gasteiger partial charge in [-0.3, -0.25) is 4.79 Å². The van der Waals surface area contributed by atoms with Crippen molar-refractivity contribution in [2.45, 2.75) is 45.1 Å². The second-order valence-corrected chi connectivity index (χ2v) is 6.16. The molecule has 2 N–H and O–H groups in total. The van der Waals surface area contributed by atoms with Crippen LogP contribution in [-0.4, -0.2) is 47.9 Å². The quantitative estimate of drug-likeness (QED) is 0.501. The summed E-state index contributed by atoms with van der Waals surface area (Å²) in [4.78, 5) is 12.3. The number of rotatable bonds is 9. The van der Waals surface area contributed by atoms with Crippen LogP contribution in [0, 0.1) is 5.92 Å². The SMILES string of the molecule is CCNC1(C(=O)OCC)CCCC1CCSCCO. The smallest absolute Gasteiger partial charge is 0.326 e. The van der Waals surface area contributed by atoms with E-state index in [1.165, 1.54) is 0 Å². The fraction of sp³-hybridized carbons (Fsp3) is 0.929. The molecule has 1 aliphatic carbocycles. The van der Waals surface area contributed by atoms with E-state index in [9.17, 15) is 4.79 Å². The molecule has 1 saturated carbocycles. The molecule has 19 heavy (non-hydrogen) atoms. The average Bonchev–Trinajstić information content (AvgIpc) is 2.80. The molecule has 0 aromatic rings. The Labute approximate surface area is 120 Å². The summed E-state index contributed by atoms with van der Waals surface area (Å²) >= 11 is 1.75. The molecule has 0 amide bonds. The first-order valence-electron chi connectivity index (χ1n) is 7.32. The molecule has 0 aliphatic heterocycles. The zero-order valence-electron chi connectivity index (χ0n) is 12.1. The largest absolute Gasteiger partial charge is 0.465 e. The fourth-order valence-corrected chi connectivity index (χ4v) is 3.79. The minimum absolute atomic E-state index is 0.0773. The molecule has 0 heterocycles. The van der Waals surface area contributed by atoms with Gasteiger partial charge in [-0.05, 0) is 44.4 Å². The highest BCUT2D eigenvalue weighted by Crippen LogP contribution is 2.39. The molecule has 0 bridgehead atoms. The van der Waals surface area contributed by atoms with Crippen LogP contribution in [0.3, 0.4) is 0 Å². The number of carbonyl (C=O) groups is 1. The van der Waals surface area contributed by atoms with Crippen molar-refractivity contribution in [2.75, 3.05) is 31.3 Å². The van der Waals surface area contributed by atoms with Crippen LogP contribution in [0.1, 0.15) is 39.5 Å². The van der Waals surface area contributed by atoms with E-state index in [0.29, 0.717) is 12.5 Å². The topological polar surface area (TPSA) is 58.6 Å². The first kappa shape index (κ1) is 16.8. The maximum absolute atomic E-state index is 12.3. The summed E-state index contributed by atoms with van der Waals surface area (Å²) in [5, 5.41) is 12.2. The summed E-state index contributed by atoms with van der Waals surface area (Å²) in [7, 11) is 0. The number of thioether (sulfide) groups is 1. The van der Waals surface area contributed by atoms with Crippen LogP contribution in [0.4, 0.5) is 0 Å². The Morgan fingerprint density at radius 2 is 2.26 bits per heavy atom. The number of ether oxygens (including phenoxy) is 1. The Morgan fingerprint density at radius 3 is 2.89 bits per heavy atom. The molecule has 5 heteroatoms. The third-order valence-electron chi connectivity index (χ3n) is 3.80. The molecule has 2 unspecified atom stereocenters. The van der Waals surface area contributed by atoms with Gasteiger partial charge in [-0.15, -0.1) is 0 Å². The van der Waals surface area contributed by atoms with Crippen molar-refractivity contribution < 1.29 is 14.6 Å². The number of hydrogen-bond donors (Lipinski definition) is 2. The van der Waals surface area contributed by atoms with Crippen molar-refractivity contribution in [3.8, 4) is 0 Å². The van der Waals surface area contributed by atoms with E-state index in [0.717, 1.165) is 43.7 Å². The first-order chi connectivity index (χ1) is 9.21. The second-order valence-electron chi connectivity index (χ2n) is 4.94. The zero-order chi connectivity index (χ0) is 14.1. The number of carbonyl (C=O) groups excluding carboxylic acids is 1. The maximum atomic E-state index is 12.3. The van der Waals surface area contributed by atoms with Gasteiger partial charge in [-0.2, -0.15) is 11.8 Å². The minimum Gasteiger partial charge on any atom is -0.465 e. The monoisotopic (exact) mass is 289 g/mol. The molecule has 0 radical (unpaired) electrons. The summed E-state index contributed by atoms with van der Waals surface area (Å²) in [5.74, 6) is 2.06. The van der Waals surface area contributed by atoms with Crippen LogP contribution < -0.4 is 5.32 Å². The van der Waals surface area contributed by atoms with Gasteiger partial charge in [-0.25, -0.2) is 0 Å². The van der Waals surface area contributed by atoms with Gasteiger partial charge in [0.25, 0.3) is 0 Å². The Balaban J connectivity index is 2.62. The lowest BCUT2D eigenvalue weighted by molar-refractivity contribution is -0.153. The van der Waals surface area contributed by atoms with Gasteiger partial charge in [0.15, 0.2) is 0 Å². The molecule has 1 aliphatic rings. The number of aliphatic hydroxyl groups is 1. The van der Waals surface area contributed by atoms with Crippen molar-refractivity contribution in [2.24, 2.45) is 5.92 Å². The van der Waals surface area contributed by atoms with Crippen LogP contribution >= 0.6 is 11.8 Å². The lowest BCUT2D eigenvalue weighted by Gasteiger charge is -2.34. The molecular formula is C14H27NO3S. The Bertz CT molecular complexity index is 275. The molecule has 112 valence electrons. The van der Waals surface area contributed by atoms with Crippen LogP contribution in [-0.2, 0) is 9.53 Å². The summed E-state index contributed by atoms with van der Waals surface area (Å²) < 4.78 is 5.29. The Kier molecular flexibility index (Phi) is 7.80. The molecule has 4 nitrogen and oxygen atoms in total. The van der Waals surface area contributed by atoms with Gasteiger partial charge in [0.1, 0.15) is 5.54 Å². The number of aliphatic hydroxyl groups excluding tert-OH is 1. The predicted octanol–water partition coefficient (Wildman–Crippen LogP) is 1.81. The Hall–Kier alpha value is -0.260. The van der Waals surface area contributed by atoms with Crippen LogP contribution in [0.15, 0.2) is 0 Å². The summed E-state index contributed by atoms with van der Waals surface area (Å²) in [6.07, 6.45) is 4.07. The van der Waals surface area contributed by atoms with Crippen molar-refractivity contribution in [3.05, 3.63) is 0 Å². The van der Waals surface area contributed by atoms with Gasteiger partial charge in [0.2, 0.25) is 0 Å². The van der Waals surface area contributed by atoms with Crippen LogP contribution in [0.2, 0.25) is 0 Å². The highest BCUT2D eigenvalue weighted by atomic mass is 32.2. The summed E-state index contributed by atoms with van der Waals surface area (Å²) in [5.41, 5.74) is -0.468. The van der Waals surface area contributed by atoms with Crippen molar-refractivity contribution in [3.63, 3.8) is 0 Å². The van der Waals surface area contributed by atoms with Crippen LogP contribution in [0.5, 0.6) is 0 Å². The van der Waals surface area contributed by atoms with E-state index in [1.807, 2.05) is 13.8 Å². The highest BCUT2D eigenvalue weighted by molar-refractivity contribution is 7.99. The molecular weight excluding hydrogens is 262 g/mol. The van der Waals surface area contributed by atoms with Crippen molar-refractivity contribution in [1.29, 1.82) is 0 Å². The fourth-order valence-electron chi connectivity index (χ4n) is 3.01. The lowest BCUT2D eigenvalue weighted by Crippen LogP contribution is -2.55. The second kappa shape index (κ2) is 8.82. The molecule has 0 aromatic carbocycles. The van der Waals surface area contributed by atoms with Gasteiger partial charge < -0.3 is 15.2 Å². The average molecular weight is 289 g/mol. The standard InChI is InChI=1S/C14H27NO3S/c1-3-15-14(13(17)18-4-2)8-5-6-12(14)7-10-19-11-9-16/h12,15-16H,3-11H2,1-2H3. The number of likely N-dealkylation sites (N-methyl/N-ethyl adjacent to an activating group) is 1. The number of esters is 1. The van der Waals surface area contributed by atoms with Gasteiger partial charge in [-0.1, -0.05) is 13.3 Å².